The minimum absolute atomic E-state index is 0.0933. The van der Waals surface area contributed by atoms with Gasteiger partial charge in [-0.25, -0.2) is 0 Å². The Kier molecular flexibility index (Phi) is 2.67. The zero-order chi connectivity index (χ0) is 9.84. The predicted molar refractivity (Wildman–Crippen MR) is 44.8 cm³/mol. The number of hydrogen-bond donors (Lipinski definition) is 0. The Bertz CT molecular complexity index is 402. The lowest BCUT2D eigenvalue weighted by atomic mass is 10.4. The maximum Gasteiger partial charge on any atom is 0.433 e. The standard InChI is InChI=1S/C7H3ClN2O3/c8-5(4-9)3-6-1-2-7(13-6)10(11)12/h1-3H. The minimum atomic E-state index is -0.669. The number of hydrogen-bond acceptors (Lipinski definition) is 4. The second-order valence-electron chi connectivity index (χ2n) is 2.04. The van der Waals surface area contributed by atoms with Crippen LogP contribution in [0.5, 0.6) is 0 Å². The fourth-order valence-corrected chi connectivity index (χ4v) is 0.783. The topological polar surface area (TPSA) is 80.1 Å². The molecule has 1 heterocycles. The highest BCUT2D eigenvalue weighted by Gasteiger charge is 2.10. The molecule has 1 aromatic rings. The fraction of sp³-hybridized carbons (Fsp3) is 0. The van der Waals surface area contributed by atoms with Crippen LogP contribution in [0.1, 0.15) is 5.76 Å². The van der Waals surface area contributed by atoms with Crippen LogP contribution < -0.4 is 0 Å². The van der Waals surface area contributed by atoms with E-state index in [9.17, 15) is 10.1 Å². The first kappa shape index (κ1) is 9.29. The van der Waals surface area contributed by atoms with E-state index in [-0.39, 0.29) is 16.7 Å². The van der Waals surface area contributed by atoms with Crippen LogP contribution in [0.4, 0.5) is 5.88 Å². The van der Waals surface area contributed by atoms with Crippen molar-refractivity contribution in [2.24, 2.45) is 0 Å². The molecular weight excluding hydrogens is 196 g/mol. The normalized spacial score (nSPS) is 10.9. The monoisotopic (exact) mass is 198 g/mol. The molecule has 0 aromatic carbocycles. The first-order valence-corrected chi connectivity index (χ1v) is 3.53. The molecule has 0 saturated heterocycles. The molecule has 0 unspecified atom stereocenters. The number of rotatable bonds is 2. The maximum absolute atomic E-state index is 10.2. The van der Waals surface area contributed by atoms with Gasteiger partial charge >= 0.3 is 5.88 Å². The first-order valence-electron chi connectivity index (χ1n) is 3.15. The molecule has 0 bridgehead atoms. The molecule has 6 heteroatoms. The number of allylic oxidation sites excluding steroid dienone is 1. The van der Waals surface area contributed by atoms with E-state index in [4.69, 9.17) is 21.3 Å². The van der Waals surface area contributed by atoms with Gasteiger partial charge in [0.1, 0.15) is 21.8 Å². The van der Waals surface area contributed by atoms with Crippen molar-refractivity contribution in [3.63, 3.8) is 0 Å². The number of nitrogens with zero attached hydrogens (tertiary/aromatic N) is 2. The highest BCUT2D eigenvalue weighted by Crippen LogP contribution is 2.18. The van der Waals surface area contributed by atoms with Gasteiger partial charge in [0.15, 0.2) is 0 Å². The molecule has 0 aliphatic rings. The molecule has 0 radical (unpaired) electrons. The van der Waals surface area contributed by atoms with Crippen molar-refractivity contribution in [3.05, 3.63) is 33.0 Å². The van der Waals surface area contributed by atoms with Gasteiger partial charge in [-0.3, -0.25) is 10.1 Å². The molecule has 0 aliphatic heterocycles. The van der Waals surface area contributed by atoms with Crippen molar-refractivity contribution in [1.29, 1.82) is 5.26 Å². The summed E-state index contributed by atoms with van der Waals surface area (Å²) in [5.74, 6) is -0.202. The number of halogens is 1. The quantitative estimate of drug-likeness (QED) is 0.415. The summed E-state index contributed by atoms with van der Waals surface area (Å²) >= 11 is 5.36. The van der Waals surface area contributed by atoms with Crippen LogP contribution in [-0.2, 0) is 0 Å². The second kappa shape index (κ2) is 3.74. The molecule has 0 aliphatic carbocycles. The van der Waals surface area contributed by atoms with Gasteiger partial charge in [0, 0.05) is 6.08 Å². The van der Waals surface area contributed by atoms with Crippen LogP contribution in [0, 0.1) is 21.4 Å². The van der Waals surface area contributed by atoms with Crippen molar-refractivity contribution in [2.45, 2.75) is 0 Å². The Morgan fingerprint density at radius 1 is 1.77 bits per heavy atom. The molecule has 0 amide bonds. The van der Waals surface area contributed by atoms with Gasteiger partial charge < -0.3 is 4.42 Å². The second-order valence-corrected chi connectivity index (χ2v) is 2.44. The van der Waals surface area contributed by atoms with Gasteiger partial charge in [0.2, 0.25) is 0 Å². The average molecular weight is 199 g/mol. The predicted octanol–water partition coefficient (Wildman–Crippen LogP) is 2.29. The first-order chi connectivity index (χ1) is 6.13. The van der Waals surface area contributed by atoms with E-state index >= 15 is 0 Å². The molecule has 1 rings (SSSR count). The summed E-state index contributed by atoms with van der Waals surface area (Å²) in [6.07, 6.45) is 1.20. The molecule has 1 aromatic heterocycles. The molecule has 0 spiro atoms. The minimum Gasteiger partial charge on any atom is -0.401 e. The van der Waals surface area contributed by atoms with Gasteiger partial charge in [0.05, 0.1) is 6.07 Å². The van der Waals surface area contributed by atoms with Crippen LogP contribution in [0.3, 0.4) is 0 Å². The van der Waals surface area contributed by atoms with Crippen LogP contribution in [0.15, 0.2) is 21.6 Å². The van der Waals surface area contributed by atoms with Gasteiger partial charge in [-0.15, -0.1) is 0 Å². The Balaban J connectivity index is 2.94. The third-order valence-electron chi connectivity index (χ3n) is 1.17. The third kappa shape index (κ3) is 2.32. The molecule has 0 atom stereocenters. The van der Waals surface area contributed by atoms with E-state index in [1.165, 1.54) is 18.2 Å². The maximum atomic E-state index is 10.2. The molecule has 5 nitrogen and oxygen atoms in total. The van der Waals surface area contributed by atoms with Gasteiger partial charge in [-0.1, -0.05) is 11.6 Å². The summed E-state index contributed by atoms with van der Waals surface area (Å²) < 4.78 is 4.71. The van der Waals surface area contributed by atoms with E-state index in [1.807, 2.05) is 0 Å². The van der Waals surface area contributed by atoms with E-state index in [2.05, 4.69) is 0 Å². The van der Waals surface area contributed by atoms with Crippen LogP contribution in [0.2, 0.25) is 0 Å². The summed E-state index contributed by atoms with van der Waals surface area (Å²) in [6.45, 7) is 0. The Morgan fingerprint density at radius 2 is 2.46 bits per heavy atom. The van der Waals surface area contributed by atoms with E-state index in [1.54, 1.807) is 6.07 Å². The Hall–Kier alpha value is -1.80. The molecule has 0 N–H and O–H groups in total. The summed E-state index contributed by atoms with van der Waals surface area (Å²) in [6, 6.07) is 4.20. The van der Waals surface area contributed by atoms with E-state index in [0.717, 1.165) is 0 Å². The van der Waals surface area contributed by atoms with Crippen LogP contribution in [0.25, 0.3) is 6.08 Å². The number of furan rings is 1. The molecule has 13 heavy (non-hydrogen) atoms. The lowest BCUT2D eigenvalue weighted by molar-refractivity contribution is -0.402. The summed E-state index contributed by atoms with van der Waals surface area (Å²) in [7, 11) is 0. The van der Waals surface area contributed by atoms with Crippen molar-refractivity contribution in [2.75, 3.05) is 0 Å². The summed E-state index contributed by atoms with van der Waals surface area (Å²) in [4.78, 5) is 9.49. The molecular formula is C7H3ClN2O3. The van der Waals surface area contributed by atoms with Crippen molar-refractivity contribution in [1.82, 2.24) is 0 Å². The zero-order valence-electron chi connectivity index (χ0n) is 6.23. The smallest absolute Gasteiger partial charge is 0.401 e. The van der Waals surface area contributed by atoms with Crippen LogP contribution >= 0.6 is 11.6 Å². The summed E-state index contributed by atoms with van der Waals surface area (Å²) in [5.41, 5.74) is 0. The number of nitro groups is 1. The highest BCUT2D eigenvalue weighted by atomic mass is 35.5. The molecule has 0 saturated carbocycles. The Morgan fingerprint density at radius 3 is 2.92 bits per heavy atom. The van der Waals surface area contributed by atoms with Gasteiger partial charge in [-0.05, 0) is 6.07 Å². The fourth-order valence-electron chi connectivity index (χ4n) is 0.675. The molecule has 0 fully saturated rings. The third-order valence-corrected chi connectivity index (χ3v) is 1.36. The van der Waals surface area contributed by atoms with Crippen molar-refractivity contribution in [3.8, 4) is 6.07 Å². The van der Waals surface area contributed by atoms with E-state index in [0.29, 0.717) is 0 Å². The average Bonchev–Trinajstić information content (AvgIpc) is 2.52. The van der Waals surface area contributed by atoms with Crippen molar-refractivity contribution >= 4 is 23.6 Å². The summed E-state index contributed by atoms with van der Waals surface area (Å²) in [5, 5.41) is 18.4. The van der Waals surface area contributed by atoms with E-state index < -0.39 is 4.92 Å². The lowest BCUT2D eigenvalue weighted by Gasteiger charge is -1.83. The van der Waals surface area contributed by atoms with Crippen molar-refractivity contribution < 1.29 is 9.34 Å². The van der Waals surface area contributed by atoms with Crippen LogP contribution in [-0.4, -0.2) is 4.92 Å². The lowest BCUT2D eigenvalue weighted by Crippen LogP contribution is -1.82. The van der Waals surface area contributed by atoms with Gasteiger partial charge in [0.25, 0.3) is 0 Å². The largest absolute Gasteiger partial charge is 0.433 e. The van der Waals surface area contributed by atoms with Gasteiger partial charge in [-0.2, -0.15) is 5.26 Å². The number of nitriles is 1. The zero-order valence-corrected chi connectivity index (χ0v) is 6.99. The highest BCUT2D eigenvalue weighted by molar-refractivity contribution is 6.33. The molecule has 66 valence electrons. The Labute approximate surface area is 78.0 Å². The SMILES string of the molecule is N#CC(Cl)=Cc1ccc([N+](=O)[O-])o1.